The van der Waals surface area contributed by atoms with Crippen LogP contribution in [0.1, 0.15) is 21.6 Å². The number of benzene rings is 2. The van der Waals surface area contributed by atoms with Gasteiger partial charge in [0.15, 0.2) is 5.65 Å². The highest BCUT2D eigenvalue weighted by molar-refractivity contribution is 5.97. The number of nitrogens with zero attached hydrogens (tertiary/aromatic N) is 5. The van der Waals surface area contributed by atoms with Gasteiger partial charge in [-0.2, -0.15) is 5.10 Å². The van der Waals surface area contributed by atoms with Gasteiger partial charge in [-0.1, -0.05) is 24.3 Å². The maximum absolute atomic E-state index is 13.6. The maximum atomic E-state index is 13.6. The fourth-order valence-corrected chi connectivity index (χ4v) is 4.95. The Morgan fingerprint density at radius 1 is 1.03 bits per heavy atom. The molecule has 0 unspecified atom stereocenters. The number of piperazine rings is 1. The van der Waals surface area contributed by atoms with E-state index in [0.717, 1.165) is 27.8 Å². The predicted molar refractivity (Wildman–Crippen MR) is 140 cm³/mol. The number of aromatic nitrogens is 5. The van der Waals surface area contributed by atoms with E-state index in [1.54, 1.807) is 25.7 Å². The average Bonchev–Trinajstić information content (AvgIpc) is 3.44. The molecule has 1 amide bonds. The van der Waals surface area contributed by atoms with E-state index in [2.05, 4.69) is 30.0 Å². The lowest BCUT2D eigenvalue weighted by molar-refractivity contribution is 0.0743. The van der Waals surface area contributed by atoms with E-state index >= 15 is 0 Å². The quantitative estimate of drug-likeness (QED) is 0.385. The summed E-state index contributed by atoms with van der Waals surface area (Å²) in [5, 5.41) is 8.26. The number of H-pyrrole nitrogens is 2. The molecule has 0 atom stereocenters. The van der Waals surface area contributed by atoms with Gasteiger partial charge in [-0.05, 0) is 29.8 Å². The molecule has 10 heteroatoms. The largest absolute Gasteiger partial charge is 0.496 e. The molecule has 2 aromatic carbocycles. The van der Waals surface area contributed by atoms with Crippen LogP contribution < -0.4 is 15.2 Å². The molecule has 6 rings (SSSR count). The molecule has 5 aromatic rings. The van der Waals surface area contributed by atoms with Crippen LogP contribution in [-0.2, 0) is 6.42 Å². The smallest absolute Gasteiger partial charge is 0.272 e. The van der Waals surface area contributed by atoms with Crippen LogP contribution >= 0.6 is 0 Å². The number of carbonyl (C=O) groups is 1. The van der Waals surface area contributed by atoms with Crippen LogP contribution in [0.3, 0.4) is 0 Å². The number of imidazole rings is 1. The molecule has 1 saturated heterocycles. The van der Waals surface area contributed by atoms with Crippen molar-refractivity contribution in [3.8, 4) is 5.75 Å². The molecular formula is C27H25N7O3. The van der Waals surface area contributed by atoms with Crippen LogP contribution in [0.25, 0.3) is 21.9 Å². The third-order valence-electron chi connectivity index (χ3n) is 6.85. The molecule has 1 fully saturated rings. The van der Waals surface area contributed by atoms with E-state index in [-0.39, 0.29) is 11.5 Å². The number of nitrogens with one attached hydrogen (secondary N) is 2. The van der Waals surface area contributed by atoms with Gasteiger partial charge >= 0.3 is 0 Å². The third-order valence-corrected chi connectivity index (χ3v) is 6.85. The van der Waals surface area contributed by atoms with Crippen LogP contribution in [0.4, 0.5) is 5.69 Å². The molecule has 2 N–H and O–H groups in total. The summed E-state index contributed by atoms with van der Waals surface area (Å²) in [5.74, 6) is 0.461. The average molecular weight is 496 g/mol. The van der Waals surface area contributed by atoms with Gasteiger partial charge < -0.3 is 19.5 Å². The monoisotopic (exact) mass is 495 g/mol. The number of anilines is 1. The summed E-state index contributed by atoms with van der Waals surface area (Å²) in [7, 11) is 1.57. The Labute approximate surface area is 211 Å². The van der Waals surface area contributed by atoms with Crippen molar-refractivity contribution in [2.45, 2.75) is 6.42 Å². The summed E-state index contributed by atoms with van der Waals surface area (Å²) in [6.07, 6.45) is 3.87. The highest BCUT2D eigenvalue weighted by atomic mass is 16.5. The number of methoxy groups -OCH3 is 1. The lowest BCUT2D eigenvalue weighted by atomic mass is 10.0. The van der Waals surface area contributed by atoms with Gasteiger partial charge in [-0.3, -0.25) is 9.59 Å². The second-order valence-electron chi connectivity index (χ2n) is 8.97. The summed E-state index contributed by atoms with van der Waals surface area (Å²) in [6, 6.07) is 15.0. The Bertz CT molecular complexity index is 1670. The molecule has 0 aliphatic carbocycles. The van der Waals surface area contributed by atoms with Crippen molar-refractivity contribution < 1.29 is 9.53 Å². The van der Waals surface area contributed by atoms with Gasteiger partial charge in [-0.25, -0.2) is 15.1 Å². The van der Waals surface area contributed by atoms with E-state index in [0.29, 0.717) is 54.9 Å². The zero-order valence-electron chi connectivity index (χ0n) is 20.3. The minimum absolute atomic E-state index is 0.0703. The maximum Gasteiger partial charge on any atom is 0.272 e. The highest BCUT2D eigenvalue weighted by Crippen LogP contribution is 2.27. The van der Waals surface area contributed by atoms with Gasteiger partial charge in [0.2, 0.25) is 0 Å². The molecule has 10 nitrogen and oxygen atoms in total. The fraction of sp³-hybridized carbons (Fsp3) is 0.222. The molecule has 1 aliphatic heterocycles. The Morgan fingerprint density at radius 2 is 1.84 bits per heavy atom. The SMILES string of the molecule is COc1ccc(Cc2n[nH]c(=O)c3ccccc23)cc1C(=O)N1CCN(c2ccnc3nc[nH]c23)CC1. The normalized spacial score (nSPS) is 13.9. The summed E-state index contributed by atoms with van der Waals surface area (Å²) in [4.78, 5) is 41.5. The van der Waals surface area contributed by atoms with Crippen LogP contribution in [0.5, 0.6) is 5.75 Å². The first-order chi connectivity index (χ1) is 18.1. The molecule has 0 radical (unpaired) electrons. The number of rotatable bonds is 5. The van der Waals surface area contributed by atoms with Crippen molar-refractivity contribution in [2.75, 3.05) is 38.2 Å². The molecule has 1 aliphatic rings. The van der Waals surface area contributed by atoms with E-state index < -0.39 is 0 Å². The highest BCUT2D eigenvalue weighted by Gasteiger charge is 2.26. The Morgan fingerprint density at radius 3 is 2.65 bits per heavy atom. The number of carbonyl (C=O) groups excluding carboxylic acids is 1. The van der Waals surface area contributed by atoms with E-state index in [1.807, 2.05) is 47.4 Å². The first-order valence-electron chi connectivity index (χ1n) is 12.1. The second-order valence-corrected chi connectivity index (χ2v) is 8.97. The fourth-order valence-electron chi connectivity index (χ4n) is 4.95. The first-order valence-corrected chi connectivity index (χ1v) is 12.1. The van der Waals surface area contributed by atoms with Gasteiger partial charge in [-0.15, -0.1) is 0 Å². The van der Waals surface area contributed by atoms with E-state index in [4.69, 9.17) is 4.74 Å². The summed E-state index contributed by atoms with van der Waals surface area (Å²) in [6.45, 7) is 2.55. The number of amides is 1. The van der Waals surface area contributed by atoms with Crippen molar-refractivity contribution in [3.63, 3.8) is 0 Å². The topological polar surface area (TPSA) is 120 Å². The van der Waals surface area contributed by atoms with Crippen LogP contribution in [0, 0.1) is 0 Å². The number of ether oxygens (including phenoxy) is 1. The first kappa shape index (κ1) is 22.7. The molecule has 186 valence electrons. The molecule has 3 aromatic heterocycles. The van der Waals surface area contributed by atoms with Crippen molar-refractivity contribution >= 4 is 33.5 Å². The van der Waals surface area contributed by atoms with Crippen molar-refractivity contribution in [3.05, 3.63) is 88.2 Å². The molecule has 4 heterocycles. The summed E-state index contributed by atoms with van der Waals surface area (Å²) in [5.41, 5.74) is 4.57. The van der Waals surface area contributed by atoms with Crippen LogP contribution in [0.2, 0.25) is 0 Å². The van der Waals surface area contributed by atoms with Crippen LogP contribution in [0.15, 0.2) is 65.8 Å². The number of hydrogen-bond acceptors (Lipinski definition) is 7. The minimum Gasteiger partial charge on any atom is -0.496 e. The molecule has 0 bridgehead atoms. The van der Waals surface area contributed by atoms with Crippen LogP contribution in [-0.4, -0.2) is 69.2 Å². The molecule has 0 spiro atoms. The van der Waals surface area contributed by atoms with Crippen molar-refractivity contribution in [2.24, 2.45) is 0 Å². The van der Waals surface area contributed by atoms with Gasteiger partial charge in [0.25, 0.3) is 11.5 Å². The molecular weight excluding hydrogens is 470 g/mol. The standard InChI is InChI=1S/C27H25N7O3/c1-37-23-7-6-17(15-21-18-4-2-3-5-19(18)26(35)32-31-21)14-20(23)27(36)34-12-10-33(11-13-34)22-8-9-28-25-24(22)29-16-30-25/h2-9,14,16H,10-13,15H2,1H3,(H,32,35)(H,28,29,30). The lowest BCUT2D eigenvalue weighted by Crippen LogP contribution is -2.49. The van der Waals surface area contributed by atoms with Gasteiger partial charge in [0.1, 0.15) is 11.3 Å². The van der Waals surface area contributed by atoms with Gasteiger partial charge in [0.05, 0.1) is 35.8 Å². The number of aromatic amines is 2. The Kier molecular flexibility index (Phi) is 5.76. The van der Waals surface area contributed by atoms with E-state index in [9.17, 15) is 9.59 Å². The number of fused-ring (bicyclic) bond motifs is 2. The summed E-state index contributed by atoms with van der Waals surface area (Å²) >= 11 is 0. The number of pyridine rings is 1. The Hall–Kier alpha value is -4.73. The lowest BCUT2D eigenvalue weighted by Gasteiger charge is -2.36. The van der Waals surface area contributed by atoms with Gasteiger partial charge in [0, 0.05) is 44.2 Å². The van der Waals surface area contributed by atoms with E-state index in [1.165, 1.54) is 0 Å². The second kappa shape index (κ2) is 9.38. The zero-order valence-corrected chi connectivity index (χ0v) is 20.3. The Balaban J connectivity index is 1.23. The predicted octanol–water partition coefficient (Wildman–Crippen LogP) is 2.76. The zero-order chi connectivity index (χ0) is 25.4. The van der Waals surface area contributed by atoms with Crippen molar-refractivity contribution in [1.82, 2.24) is 30.0 Å². The number of hydrogen-bond donors (Lipinski definition) is 2. The molecule has 0 saturated carbocycles. The third kappa shape index (κ3) is 4.16. The minimum atomic E-state index is -0.218. The van der Waals surface area contributed by atoms with Crippen molar-refractivity contribution in [1.29, 1.82) is 0 Å². The molecule has 37 heavy (non-hydrogen) atoms. The summed E-state index contributed by atoms with van der Waals surface area (Å²) < 4.78 is 5.54.